The largest absolute Gasteiger partial charge is 0.369 e. The topological polar surface area (TPSA) is 43.9 Å². The number of benzene rings is 2. The predicted molar refractivity (Wildman–Crippen MR) is 124 cm³/mol. The molecule has 2 heterocycles. The molecule has 4 rings (SSSR count). The molecule has 2 aromatic rings. The first-order valence-electron chi connectivity index (χ1n) is 10.7. The zero-order valence-electron chi connectivity index (χ0n) is 17.7. The van der Waals surface area contributed by atoms with Crippen molar-refractivity contribution >= 4 is 34.8 Å². The van der Waals surface area contributed by atoms with Crippen molar-refractivity contribution in [2.24, 2.45) is 0 Å². The molecule has 0 radical (unpaired) electrons. The fourth-order valence-corrected chi connectivity index (χ4v) is 5.21. The summed E-state index contributed by atoms with van der Waals surface area (Å²) in [6, 6.07) is 16.1. The molecule has 5 nitrogen and oxygen atoms in total. The average Bonchev–Trinajstić information content (AvgIpc) is 2.92. The summed E-state index contributed by atoms with van der Waals surface area (Å²) in [5, 5.41) is 0.516. The van der Waals surface area contributed by atoms with Gasteiger partial charge in [-0.25, -0.2) is 0 Å². The highest BCUT2D eigenvalue weighted by Gasteiger charge is 2.26. The van der Waals surface area contributed by atoms with Crippen molar-refractivity contribution in [3.8, 4) is 0 Å². The van der Waals surface area contributed by atoms with Crippen LogP contribution in [0, 0.1) is 0 Å². The Hall–Kier alpha value is -2.31. The number of piperazine rings is 1. The van der Waals surface area contributed by atoms with E-state index in [1.165, 1.54) is 4.90 Å². The number of nitrogens with zero attached hydrogens (tertiary/aromatic N) is 3. The third-order valence-corrected chi connectivity index (χ3v) is 7.15. The maximum absolute atomic E-state index is 13.2. The van der Waals surface area contributed by atoms with Crippen LogP contribution in [0.25, 0.3) is 0 Å². The maximum atomic E-state index is 13.2. The van der Waals surface area contributed by atoms with Gasteiger partial charge in [0.2, 0.25) is 5.91 Å². The van der Waals surface area contributed by atoms with E-state index in [0.29, 0.717) is 11.8 Å². The van der Waals surface area contributed by atoms with Crippen LogP contribution in [0.15, 0.2) is 53.4 Å². The number of fused-ring (bicyclic) bond motifs is 1. The van der Waals surface area contributed by atoms with E-state index < -0.39 is 0 Å². The first-order valence-corrected chi connectivity index (χ1v) is 11.5. The Balaban J connectivity index is 1.36. The van der Waals surface area contributed by atoms with E-state index in [1.807, 2.05) is 47.0 Å². The molecule has 0 N–H and O–H groups in total. The summed E-state index contributed by atoms with van der Waals surface area (Å²) in [6.45, 7) is 8.56. The molecule has 2 aromatic carbocycles. The Morgan fingerprint density at radius 2 is 1.67 bits per heavy atom. The highest BCUT2D eigenvalue weighted by atomic mass is 32.2. The molecule has 0 saturated carbocycles. The van der Waals surface area contributed by atoms with Gasteiger partial charge in [-0.1, -0.05) is 19.1 Å². The third-order valence-electron chi connectivity index (χ3n) is 5.91. The number of para-hydroxylation sites is 1. The predicted octanol–water partition coefficient (Wildman–Crippen LogP) is 3.93. The summed E-state index contributed by atoms with van der Waals surface area (Å²) in [4.78, 5) is 32.4. The van der Waals surface area contributed by atoms with Crippen LogP contribution in [0.2, 0.25) is 0 Å². The monoisotopic (exact) mass is 423 g/mol. The zero-order valence-corrected chi connectivity index (χ0v) is 18.5. The quantitative estimate of drug-likeness (QED) is 0.697. The van der Waals surface area contributed by atoms with Crippen molar-refractivity contribution < 1.29 is 9.59 Å². The molecule has 0 spiro atoms. The summed E-state index contributed by atoms with van der Waals surface area (Å²) in [7, 11) is 0. The third kappa shape index (κ3) is 4.71. The molecule has 1 fully saturated rings. The molecule has 2 aliphatic rings. The minimum absolute atomic E-state index is 0.0905. The van der Waals surface area contributed by atoms with Crippen LogP contribution in [-0.4, -0.2) is 61.1 Å². The minimum atomic E-state index is 0.0905. The van der Waals surface area contributed by atoms with Gasteiger partial charge in [0.15, 0.2) is 5.78 Å². The second-order valence-electron chi connectivity index (χ2n) is 8.10. The van der Waals surface area contributed by atoms with Crippen LogP contribution in [0.5, 0.6) is 0 Å². The maximum Gasteiger partial charge on any atom is 0.241 e. The second kappa shape index (κ2) is 9.23. The molecule has 30 heavy (non-hydrogen) atoms. The summed E-state index contributed by atoms with van der Waals surface area (Å²) in [6.07, 6.45) is 1.01. The Morgan fingerprint density at radius 1 is 0.967 bits per heavy atom. The lowest BCUT2D eigenvalue weighted by molar-refractivity contribution is -0.119. The Labute approximate surface area is 183 Å². The molecule has 0 unspecified atom stereocenters. The van der Waals surface area contributed by atoms with Gasteiger partial charge in [0.05, 0.1) is 12.2 Å². The van der Waals surface area contributed by atoms with Gasteiger partial charge in [-0.3, -0.25) is 14.5 Å². The molecule has 1 saturated heterocycles. The van der Waals surface area contributed by atoms with Gasteiger partial charge in [-0.2, -0.15) is 0 Å². The van der Waals surface area contributed by atoms with Crippen molar-refractivity contribution in [1.82, 2.24) is 4.90 Å². The summed E-state index contributed by atoms with van der Waals surface area (Å²) in [5.74, 6) is 0.282. The highest BCUT2D eigenvalue weighted by molar-refractivity contribution is 8.00. The number of carbonyl (C=O) groups excluding carboxylic acids is 2. The Morgan fingerprint density at radius 3 is 2.37 bits per heavy atom. The minimum Gasteiger partial charge on any atom is -0.369 e. The average molecular weight is 424 g/mol. The fraction of sp³-hybridized carbons (Fsp3) is 0.417. The van der Waals surface area contributed by atoms with Gasteiger partial charge in [0.25, 0.3) is 0 Å². The molecule has 0 bridgehead atoms. The number of thioether (sulfide) groups is 1. The molecule has 6 heteroatoms. The van der Waals surface area contributed by atoms with E-state index in [-0.39, 0.29) is 11.7 Å². The molecule has 0 aliphatic carbocycles. The van der Waals surface area contributed by atoms with Crippen molar-refractivity contribution in [2.75, 3.05) is 49.1 Å². The number of hydrogen-bond donors (Lipinski definition) is 0. The number of anilines is 2. The lowest BCUT2D eigenvalue weighted by atomic mass is 10.1. The molecule has 158 valence electrons. The van der Waals surface area contributed by atoms with Gasteiger partial charge in [-0.05, 0) is 49.7 Å². The second-order valence-corrected chi connectivity index (χ2v) is 9.58. The zero-order chi connectivity index (χ0) is 21.1. The van der Waals surface area contributed by atoms with Gasteiger partial charge >= 0.3 is 0 Å². The number of carbonyl (C=O) groups is 2. The van der Waals surface area contributed by atoms with Crippen LogP contribution in [0.3, 0.4) is 0 Å². The van der Waals surface area contributed by atoms with Crippen molar-refractivity contribution in [3.63, 3.8) is 0 Å². The molecule has 0 aromatic heterocycles. The number of ketones is 1. The van der Waals surface area contributed by atoms with Crippen LogP contribution < -0.4 is 9.80 Å². The summed E-state index contributed by atoms with van der Waals surface area (Å²) in [5.41, 5.74) is 2.94. The number of amides is 1. The van der Waals surface area contributed by atoms with Crippen molar-refractivity contribution in [1.29, 1.82) is 0 Å². The van der Waals surface area contributed by atoms with Gasteiger partial charge < -0.3 is 9.80 Å². The highest BCUT2D eigenvalue weighted by Crippen LogP contribution is 2.37. The smallest absolute Gasteiger partial charge is 0.241 e. The lowest BCUT2D eigenvalue weighted by Gasteiger charge is -2.36. The number of rotatable bonds is 4. The first-order chi connectivity index (χ1) is 14.5. The van der Waals surface area contributed by atoms with E-state index >= 15 is 0 Å². The van der Waals surface area contributed by atoms with Crippen molar-refractivity contribution in [2.45, 2.75) is 30.4 Å². The molecule has 1 atom stereocenters. The van der Waals surface area contributed by atoms with E-state index in [9.17, 15) is 9.59 Å². The van der Waals surface area contributed by atoms with E-state index in [4.69, 9.17) is 0 Å². The SMILES string of the molecule is CC(=O)c1ccc(N2CCN(CC(=O)N3CC[C@@H](C)Sc4ccccc43)CC2)cc1. The van der Waals surface area contributed by atoms with Crippen molar-refractivity contribution in [3.05, 3.63) is 54.1 Å². The van der Waals surface area contributed by atoms with Gasteiger partial charge in [0.1, 0.15) is 0 Å². The summed E-state index contributed by atoms with van der Waals surface area (Å²) < 4.78 is 0. The van der Waals surface area contributed by atoms with Crippen LogP contribution in [0.4, 0.5) is 11.4 Å². The number of hydrogen-bond acceptors (Lipinski definition) is 5. The summed E-state index contributed by atoms with van der Waals surface area (Å²) >= 11 is 1.87. The molecule has 1 amide bonds. The molecular weight excluding hydrogens is 394 g/mol. The number of Topliss-reactive ketones (excluding diaryl/α,β-unsaturated/α-hetero) is 1. The Bertz CT molecular complexity index is 907. The van der Waals surface area contributed by atoms with Crippen LogP contribution in [0.1, 0.15) is 30.6 Å². The van der Waals surface area contributed by atoms with Gasteiger partial charge in [0, 0.05) is 54.1 Å². The molecular formula is C24H29N3O2S. The van der Waals surface area contributed by atoms with Gasteiger partial charge in [-0.15, -0.1) is 11.8 Å². The van der Waals surface area contributed by atoms with Crippen LogP contribution >= 0.6 is 11.8 Å². The normalized spacial score (nSPS) is 19.9. The van der Waals surface area contributed by atoms with E-state index in [0.717, 1.165) is 56.1 Å². The molecule has 2 aliphatic heterocycles. The van der Waals surface area contributed by atoms with E-state index in [1.54, 1.807) is 6.92 Å². The van der Waals surface area contributed by atoms with Crippen LogP contribution in [-0.2, 0) is 4.79 Å². The fourth-order valence-electron chi connectivity index (χ4n) is 4.09. The van der Waals surface area contributed by atoms with E-state index in [2.05, 4.69) is 34.9 Å². The standard InChI is InChI=1S/C24H29N3O2S/c1-18-11-12-27(22-5-3-4-6-23(22)30-18)24(29)17-25-13-15-26(16-14-25)21-9-7-20(8-10-21)19(2)28/h3-10,18H,11-17H2,1-2H3/t18-/m1/s1. The lowest BCUT2D eigenvalue weighted by Crippen LogP contribution is -2.50. The first kappa shape index (κ1) is 20.9. The Kier molecular flexibility index (Phi) is 6.44.